The number of Topliss-reactive ketones (excluding diaryl/α,β-unsaturated/α-hetero) is 1. The van der Waals surface area contributed by atoms with Crippen molar-refractivity contribution in [1.29, 1.82) is 0 Å². The number of nitrogens with two attached hydrogens (primary N) is 1. The number of carbonyl (C=O) groups excluding carboxylic acids is 1. The van der Waals surface area contributed by atoms with Crippen molar-refractivity contribution in [3.63, 3.8) is 0 Å². The van der Waals surface area contributed by atoms with Crippen LogP contribution < -0.4 is 10.6 Å². The molecule has 1 heterocycles. The van der Waals surface area contributed by atoms with E-state index in [0.717, 1.165) is 11.3 Å². The molecule has 6 nitrogen and oxygen atoms in total. The smallest absolute Gasteiger partial charge is 0.271 e. The van der Waals surface area contributed by atoms with Gasteiger partial charge in [-0.1, -0.05) is 6.07 Å². The first-order chi connectivity index (χ1) is 9.02. The normalized spacial score (nSPS) is 17.8. The topological polar surface area (TPSA) is 89.5 Å². The molecule has 6 heteroatoms. The van der Waals surface area contributed by atoms with E-state index in [1.54, 1.807) is 12.1 Å². The molecule has 100 valence electrons. The van der Waals surface area contributed by atoms with E-state index in [1.807, 2.05) is 11.8 Å². The van der Waals surface area contributed by atoms with E-state index in [2.05, 4.69) is 0 Å². The van der Waals surface area contributed by atoms with Gasteiger partial charge in [-0.15, -0.1) is 0 Å². The average molecular weight is 261 g/mol. The number of anilines is 1. The summed E-state index contributed by atoms with van der Waals surface area (Å²) >= 11 is 0. The van der Waals surface area contributed by atoms with Gasteiger partial charge >= 0.3 is 0 Å². The third-order valence-corrected chi connectivity index (χ3v) is 3.27. The molecule has 1 aliphatic heterocycles. The van der Waals surface area contributed by atoms with Gasteiger partial charge in [-0.25, -0.2) is 0 Å². The number of carbonyl (C=O) groups is 1. The van der Waals surface area contributed by atoms with Gasteiger partial charge in [0.1, 0.15) is 0 Å². The Morgan fingerprint density at radius 1 is 1.47 bits per heavy atom. The maximum absolute atomic E-state index is 11.6. The van der Waals surface area contributed by atoms with Crippen LogP contribution in [0.1, 0.15) is 12.0 Å². The predicted octanol–water partition coefficient (Wildman–Crippen LogP) is 1.53. The second-order valence-electron chi connectivity index (χ2n) is 4.51. The van der Waals surface area contributed by atoms with E-state index in [9.17, 15) is 14.9 Å². The Morgan fingerprint density at radius 2 is 2.21 bits per heavy atom. The van der Waals surface area contributed by atoms with Crippen LogP contribution in [0.25, 0.3) is 0 Å². The number of hydrogen-bond acceptors (Lipinski definition) is 5. The average Bonchev–Trinajstić information content (AvgIpc) is 2.40. The zero-order chi connectivity index (χ0) is 14.0. The second kappa shape index (κ2) is 5.09. The molecule has 19 heavy (non-hydrogen) atoms. The second-order valence-corrected chi connectivity index (χ2v) is 4.51. The fourth-order valence-corrected chi connectivity index (χ4v) is 2.17. The monoisotopic (exact) mass is 261 g/mol. The number of piperidine rings is 1. The summed E-state index contributed by atoms with van der Waals surface area (Å²) in [6.45, 7) is 2.84. The highest BCUT2D eigenvalue weighted by Crippen LogP contribution is 2.28. The first kappa shape index (κ1) is 13.1. The Labute approximate surface area is 110 Å². The number of nitrogens with zero attached hydrogens (tertiary/aromatic N) is 2. The zero-order valence-corrected chi connectivity index (χ0v) is 10.6. The molecule has 0 aromatic heterocycles. The van der Waals surface area contributed by atoms with Crippen LogP contribution in [0.5, 0.6) is 0 Å². The van der Waals surface area contributed by atoms with Crippen molar-refractivity contribution in [3.05, 3.63) is 45.6 Å². The van der Waals surface area contributed by atoms with Crippen molar-refractivity contribution in [2.75, 3.05) is 18.0 Å². The van der Waals surface area contributed by atoms with E-state index < -0.39 is 4.92 Å². The van der Waals surface area contributed by atoms with Gasteiger partial charge in [0.15, 0.2) is 5.78 Å². The highest BCUT2D eigenvalue weighted by Gasteiger charge is 2.23. The first-order valence-electron chi connectivity index (χ1n) is 5.97. The number of benzene rings is 1. The van der Waals surface area contributed by atoms with E-state index in [0.29, 0.717) is 25.1 Å². The van der Waals surface area contributed by atoms with Gasteiger partial charge in [0.2, 0.25) is 0 Å². The molecule has 0 atom stereocenters. The van der Waals surface area contributed by atoms with Gasteiger partial charge in [-0.3, -0.25) is 14.9 Å². The molecule has 0 saturated carbocycles. The molecule has 1 aromatic rings. The minimum absolute atomic E-state index is 0.0434. The minimum atomic E-state index is -0.419. The molecule has 1 aromatic carbocycles. The Kier molecular flexibility index (Phi) is 3.50. The summed E-state index contributed by atoms with van der Waals surface area (Å²) in [5.41, 5.74) is 7.76. The summed E-state index contributed by atoms with van der Waals surface area (Å²) in [5, 5.41) is 10.8. The number of non-ortho nitro benzene ring substituents is 1. The first-order valence-corrected chi connectivity index (χ1v) is 5.97. The standard InChI is InChI=1S/C13H15N3O3/c1-9-2-3-11(16(18)19)6-12(9)15-5-4-13(17)10(7-14)8-15/h2-3,6-7H,4-5,8,14H2,1H3/b10-7-. The summed E-state index contributed by atoms with van der Waals surface area (Å²) in [6, 6.07) is 4.74. The molecule has 0 spiro atoms. The van der Waals surface area contributed by atoms with E-state index >= 15 is 0 Å². The molecule has 2 N–H and O–H groups in total. The van der Waals surface area contributed by atoms with E-state index in [4.69, 9.17) is 5.73 Å². The lowest BCUT2D eigenvalue weighted by molar-refractivity contribution is -0.384. The molecule has 1 fully saturated rings. The van der Waals surface area contributed by atoms with Crippen LogP contribution in [-0.2, 0) is 4.79 Å². The largest absolute Gasteiger partial charge is 0.404 e. The molecule has 0 aliphatic carbocycles. The van der Waals surface area contributed by atoms with Crippen molar-refractivity contribution in [3.8, 4) is 0 Å². The minimum Gasteiger partial charge on any atom is -0.404 e. The lowest BCUT2D eigenvalue weighted by Gasteiger charge is -2.30. The van der Waals surface area contributed by atoms with Crippen molar-refractivity contribution in [2.45, 2.75) is 13.3 Å². The van der Waals surface area contributed by atoms with Gasteiger partial charge in [0.25, 0.3) is 5.69 Å². The zero-order valence-electron chi connectivity index (χ0n) is 10.6. The van der Waals surface area contributed by atoms with Gasteiger partial charge in [-0.05, 0) is 12.5 Å². The number of aryl methyl sites for hydroxylation is 1. The summed E-state index contributed by atoms with van der Waals surface area (Å²) in [4.78, 5) is 23.9. The van der Waals surface area contributed by atoms with Gasteiger partial charge in [0.05, 0.1) is 4.92 Å². The number of ketones is 1. The Balaban J connectivity index is 2.34. The van der Waals surface area contributed by atoms with E-state index in [1.165, 1.54) is 12.3 Å². The van der Waals surface area contributed by atoms with Crippen LogP contribution in [0.2, 0.25) is 0 Å². The number of nitro benzene ring substituents is 1. The van der Waals surface area contributed by atoms with Gasteiger partial charge in [-0.2, -0.15) is 0 Å². The SMILES string of the molecule is Cc1ccc([N+](=O)[O-])cc1N1CCC(=O)/C(=C\N)C1. The molecular weight excluding hydrogens is 246 g/mol. The highest BCUT2D eigenvalue weighted by molar-refractivity contribution is 5.97. The Morgan fingerprint density at radius 3 is 2.84 bits per heavy atom. The molecule has 1 saturated heterocycles. The van der Waals surface area contributed by atoms with Crippen LogP contribution in [0.15, 0.2) is 30.0 Å². The van der Waals surface area contributed by atoms with Crippen molar-refractivity contribution < 1.29 is 9.72 Å². The number of hydrogen-bond donors (Lipinski definition) is 1. The van der Waals surface area contributed by atoms with Gasteiger partial charge < -0.3 is 10.6 Å². The molecule has 0 unspecified atom stereocenters. The molecule has 2 rings (SSSR count). The maximum atomic E-state index is 11.6. The Hall–Kier alpha value is -2.37. The van der Waals surface area contributed by atoms with Crippen molar-refractivity contribution in [1.82, 2.24) is 0 Å². The summed E-state index contributed by atoms with van der Waals surface area (Å²) in [6.07, 6.45) is 1.70. The van der Waals surface area contributed by atoms with E-state index in [-0.39, 0.29) is 11.5 Å². The predicted molar refractivity (Wildman–Crippen MR) is 71.9 cm³/mol. The molecule has 1 aliphatic rings. The molecule has 0 radical (unpaired) electrons. The van der Waals surface area contributed by atoms with Crippen LogP contribution >= 0.6 is 0 Å². The lowest BCUT2D eigenvalue weighted by atomic mass is 10.0. The van der Waals surface area contributed by atoms with Crippen LogP contribution in [-0.4, -0.2) is 23.8 Å². The number of nitro groups is 1. The number of rotatable bonds is 2. The van der Waals surface area contributed by atoms with Crippen LogP contribution in [0.4, 0.5) is 11.4 Å². The fourth-order valence-electron chi connectivity index (χ4n) is 2.17. The maximum Gasteiger partial charge on any atom is 0.271 e. The van der Waals surface area contributed by atoms with Crippen LogP contribution in [0, 0.1) is 17.0 Å². The summed E-state index contributed by atoms with van der Waals surface area (Å²) in [5.74, 6) is 0.0434. The summed E-state index contributed by atoms with van der Waals surface area (Å²) in [7, 11) is 0. The highest BCUT2D eigenvalue weighted by atomic mass is 16.6. The third kappa shape index (κ3) is 2.57. The fraction of sp³-hybridized carbons (Fsp3) is 0.308. The molecule has 0 amide bonds. The van der Waals surface area contributed by atoms with Gasteiger partial charge in [0, 0.05) is 49.1 Å². The summed E-state index contributed by atoms with van der Waals surface area (Å²) < 4.78 is 0. The van der Waals surface area contributed by atoms with Crippen molar-refractivity contribution >= 4 is 17.2 Å². The van der Waals surface area contributed by atoms with Crippen molar-refractivity contribution in [2.24, 2.45) is 5.73 Å². The van der Waals surface area contributed by atoms with Crippen LogP contribution in [0.3, 0.4) is 0 Å². The molecular formula is C13H15N3O3. The Bertz CT molecular complexity index is 566. The quantitative estimate of drug-likeness (QED) is 0.495. The molecule has 0 bridgehead atoms. The lowest BCUT2D eigenvalue weighted by Crippen LogP contribution is -2.36. The third-order valence-electron chi connectivity index (χ3n) is 3.27.